The number of nitrogens with one attached hydrogen (secondary N) is 4. The quantitative estimate of drug-likeness (QED) is 0.129. The van der Waals surface area contributed by atoms with Crippen LogP contribution in [0.1, 0.15) is 40.8 Å². The molecule has 4 atom stereocenters. The van der Waals surface area contributed by atoms with Gasteiger partial charge in [0, 0.05) is 42.7 Å². The first kappa shape index (κ1) is 40.3. The third kappa shape index (κ3) is 11.8. The number of Topliss-reactive ketones (excluding diaryl/α,β-unsaturated/α-hetero) is 1. The molecule has 2 aliphatic heterocycles. The average Bonchev–Trinajstić information content (AvgIpc) is 3.73. The van der Waals surface area contributed by atoms with Crippen LogP contribution in [0.25, 0.3) is 11.1 Å². The van der Waals surface area contributed by atoms with Crippen LogP contribution in [0.4, 0.5) is 5.69 Å². The molecular weight excluding hydrogens is 741 g/mol. The van der Waals surface area contributed by atoms with E-state index in [1.807, 2.05) is 102 Å². The first-order chi connectivity index (χ1) is 27.6. The molecule has 2 bridgehead atoms. The Morgan fingerprint density at radius 3 is 1.81 bits per heavy atom. The summed E-state index contributed by atoms with van der Waals surface area (Å²) in [5.41, 5.74) is 4.55. The smallest absolute Gasteiger partial charge is 0.307 e. The second kappa shape index (κ2) is 19.5. The minimum atomic E-state index is -1.19. The fourth-order valence-corrected chi connectivity index (χ4v) is 7.50. The van der Waals surface area contributed by atoms with Crippen molar-refractivity contribution in [1.82, 2.24) is 16.0 Å². The summed E-state index contributed by atoms with van der Waals surface area (Å²) in [7, 11) is 0. The minimum Gasteiger partial charge on any atom is -0.481 e. The molecule has 0 spiro atoms. The summed E-state index contributed by atoms with van der Waals surface area (Å²) < 4.78 is 0. The Labute approximate surface area is 334 Å². The molecule has 0 aliphatic carbocycles. The molecule has 12 heteroatoms. The number of aliphatic carboxylic acids is 1. The topological polar surface area (TPSA) is 171 Å². The van der Waals surface area contributed by atoms with Gasteiger partial charge in [0.2, 0.25) is 23.6 Å². The highest BCUT2D eigenvalue weighted by atomic mass is 32.1. The highest BCUT2D eigenvalue weighted by Gasteiger charge is 2.32. The van der Waals surface area contributed by atoms with Gasteiger partial charge in [-0.3, -0.25) is 28.8 Å². The van der Waals surface area contributed by atoms with Crippen LogP contribution in [0.2, 0.25) is 0 Å². The first-order valence-corrected chi connectivity index (χ1v) is 19.7. The number of rotatable bonds is 8. The molecule has 5 aromatic rings. The molecule has 0 unspecified atom stereocenters. The number of carboxylic acids is 1. The maximum absolute atomic E-state index is 14.4. The molecule has 1 aromatic heterocycles. The molecule has 0 saturated carbocycles. The number of carboxylic acid groups (broad SMARTS) is 1. The number of hydrogen-bond acceptors (Lipinski definition) is 7. The Kier molecular flexibility index (Phi) is 13.7. The number of ketones is 1. The normalized spacial score (nSPS) is 20.0. The van der Waals surface area contributed by atoms with E-state index in [9.17, 15) is 33.9 Å². The van der Waals surface area contributed by atoms with E-state index in [4.69, 9.17) is 0 Å². The van der Waals surface area contributed by atoms with Gasteiger partial charge >= 0.3 is 5.97 Å². The summed E-state index contributed by atoms with van der Waals surface area (Å²) in [5.74, 6) is -4.95. The van der Waals surface area contributed by atoms with E-state index in [2.05, 4.69) is 21.3 Å². The number of fused-ring (bicyclic) bond motifs is 18. The fourth-order valence-electron chi connectivity index (χ4n) is 6.75. The first-order valence-electron chi connectivity index (χ1n) is 18.8. The van der Waals surface area contributed by atoms with Gasteiger partial charge in [-0.15, -0.1) is 11.3 Å². The highest BCUT2D eigenvalue weighted by Crippen LogP contribution is 2.22. The Hall–Kier alpha value is -6.40. The molecule has 5 N–H and O–H groups in total. The molecule has 11 nitrogen and oxygen atoms in total. The van der Waals surface area contributed by atoms with Crippen LogP contribution in [-0.2, 0) is 54.5 Å². The van der Waals surface area contributed by atoms with Crippen molar-refractivity contribution in [1.29, 1.82) is 0 Å². The van der Waals surface area contributed by atoms with E-state index in [1.54, 1.807) is 24.3 Å². The van der Waals surface area contributed by atoms with Crippen LogP contribution >= 0.6 is 11.3 Å². The van der Waals surface area contributed by atoms with Gasteiger partial charge in [-0.2, -0.15) is 0 Å². The van der Waals surface area contributed by atoms with Gasteiger partial charge in [0.25, 0.3) is 0 Å². The van der Waals surface area contributed by atoms with Crippen molar-refractivity contribution < 1.29 is 33.9 Å². The highest BCUT2D eigenvalue weighted by molar-refractivity contribution is 7.09. The molecule has 7 rings (SSSR count). The summed E-state index contributed by atoms with van der Waals surface area (Å²) in [4.78, 5) is 82.0. The second-order valence-corrected chi connectivity index (χ2v) is 15.2. The predicted molar refractivity (Wildman–Crippen MR) is 218 cm³/mol. The van der Waals surface area contributed by atoms with Crippen LogP contribution < -0.4 is 21.3 Å². The van der Waals surface area contributed by atoms with E-state index in [1.165, 1.54) is 11.3 Å². The fraction of sp³-hybridized carbons (Fsp3) is 0.244. The molecule has 292 valence electrons. The van der Waals surface area contributed by atoms with Crippen LogP contribution in [0.5, 0.6) is 0 Å². The summed E-state index contributed by atoms with van der Waals surface area (Å²) >= 11 is 1.41. The predicted octanol–water partition coefficient (Wildman–Crippen LogP) is 5.53. The van der Waals surface area contributed by atoms with Gasteiger partial charge in [0.15, 0.2) is 5.78 Å². The lowest BCUT2D eigenvalue weighted by Crippen LogP contribution is -2.57. The lowest BCUT2D eigenvalue weighted by Gasteiger charge is -2.26. The average molecular weight is 785 g/mol. The maximum Gasteiger partial charge on any atom is 0.307 e. The van der Waals surface area contributed by atoms with Gasteiger partial charge in [-0.1, -0.05) is 103 Å². The standard InChI is InChI=1S/C45H44N4O7S/c50-40-27-34(45(55)56)24-30-15-19-35(20-16-30)46-41(51)21-22-42(52)47-39(28-36-12-7-23-57-36)44(54)49-38(43(53)48-37(40)25-29-8-3-1-4-9-29)26-31-13-17-33(18-14-31)32-10-5-2-6-11-32/h1-20,23,34,37-39H,21-22,24-28H2,(H,46,51)(H,47,52)(H,48,53)(H,49,54)(H,55,56)/t34-,37+,38+,39-/m1/s1. The van der Waals surface area contributed by atoms with Crippen molar-refractivity contribution in [3.63, 3.8) is 0 Å². The number of thiophene rings is 1. The minimum absolute atomic E-state index is 0.0325. The zero-order valence-corrected chi connectivity index (χ0v) is 32.0. The van der Waals surface area contributed by atoms with E-state index in [-0.39, 0.29) is 44.9 Å². The molecule has 4 amide bonds. The van der Waals surface area contributed by atoms with Crippen LogP contribution in [0.15, 0.2) is 127 Å². The maximum atomic E-state index is 14.4. The van der Waals surface area contributed by atoms with Gasteiger partial charge in [0.05, 0.1) is 12.0 Å². The summed E-state index contributed by atoms with van der Waals surface area (Å²) in [6.45, 7) is 0. The van der Waals surface area contributed by atoms with Crippen molar-refractivity contribution >= 4 is 52.4 Å². The van der Waals surface area contributed by atoms with E-state index < -0.39 is 59.4 Å². The van der Waals surface area contributed by atoms with Gasteiger partial charge in [0.1, 0.15) is 12.1 Å². The van der Waals surface area contributed by atoms with Crippen molar-refractivity contribution in [2.75, 3.05) is 5.32 Å². The van der Waals surface area contributed by atoms with Crippen molar-refractivity contribution in [3.05, 3.63) is 148 Å². The molecule has 3 heterocycles. The number of carbonyl (C=O) groups is 6. The molecule has 57 heavy (non-hydrogen) atoms. The number of anilines is 1. The second-order valence-electron chi connectivity index (χ2n) is 14.1. The van der Waals surface area contributed by atoms with E-state index in [0.717, 1.165) is 27.1 Å². The third-order valence-electron chi connectivity index (χ3n) is 9.85. The molecule has 0 saturated heterocycles. The van der Waals surface area contributed by atoms with Crippen molar-refractivity contribution in [2.24, 2.45) is 5.92 Å². The Morgan fingerprint density at radius 2 is 1.16 bits per heavy atom. The van der Waals surface area contributed by atoms with Crippen LogP contribution in [0.3, 0.4) is 0 Å². The zero-order chi connectivity index (χ0) is 40.1. The number of carbonyl (C=O) groups excluding carboxylic acids is 5. The summed E-state index contributed by atoms with van der Waals surface area (Å²) in [6, 6.07) is 33.4. The lowest BCUT2D eigenvalue weighted by atomic mass is 9.90. The third-order valence-corrected chi connectivity index (χ3v) is 10.8. The largest absolute Gasteiger partial charge is 0.481 e. The SMILES string of the molecule is O=C1CCC(=O)N[C@H](Cc2cccs2)C(=O)N[C@@H](Cc2ccc(-c3ccccc3)cc2)C(=O)N[C@@H](Cc2ccccc2)C(=O)C[C@H](C(=O)O)Cc2ccc(cc2)N1. The van der Waals surface area contributed by atoms with Gasteiger partial charge in [-0.25, -0.2) is 0 Å². The summed E-state index contributed by atoms with van der Waals surface area (Å²) in [6.07, 6.45) is -0.402. The molecule has 0 radical (unpaired) electrons. The van der Waals surface area contributed by atoms with Crippen molar-refractivity contribution in [3.8, 4) is 11.1 Å². The Morgan fingerprint density at radius 1 is 0.579 bits per heavy atom. The molecular formula is C45H44N4O7S. The zero-order valence-electron chi connectivity index (χ0n) is 31.2. The van der Waals surface area contributed by atoms with Gasteiger partial charge in [-0.05, 0) is 64.2 Å². The number of benzene rings is 4. The molecule has 4 aromatic carbocycles. The number of amides is 4. The van der Waals surface area contributed by atoms with E-state index in [0.29, 0.717) is 11.3 Å². The Balaban J connectivity index is 1.34. The summed E-state index contributed by atoms with van der Waals surface area (Å²) in [5, 5.41) is 23.3. The van der Waals surface area contributed by atoms with Crippen LogP contribution in [0, 0.1) is 5.92 Å². The monoisotopic (exact) mass is 784 g/mol. The Bertz CT molecular complexity index is 2160. The number of hydrogen-bond donors (Lipinski definition) is 5. The van der Waals surface area contributed by atoms with Crippen LogP contribution in [-0.4, -0.2) is 58.6 Å². The van der Waals surface area contributed by atoms with Gasteiger partial charge < -0.3 is 26.4 Å². The van der Waals surface area contributed by atoms with Crippen molar-refractivity contribution in [2.45, 2.75) is 63.1 Å². The van der Waals surface area contributed by atoms with E-state index >= 15 is 0 Å². The molecule has 2 aliphatic rings. The molecule has 0 fully saturated rings. The lowest BCUT2D eigenvalue weighted by molar-refractivity contribution is -0.144.